The van der Waals surface area contributed by atoms with Crippen molar-refractivity contribution in [3.05, 3.63) is 34.4 Å². The Balaban J connectivity index is 2.50. The maximum atomic E-state index is 6.03. The van der Waals surface area contributed by atoms with E-state index in [1.54, 1.807) is 11.1 Å². The van der Waals surface area contributed by atoms with Crippen molar-refractivity contribution in [2.24, 2.45) is 5.73 Å². The largest absolute Gasteiger partial charge is 0.327 e. The minimum Gasteiger partial charge on any atom is -0.327 e. The van der Waals surface area contributed by atoms with Crippen molar-refractivity contribution in [2.45, 2.75) is 45.6 Å². The maximum Gasteiger partial charge on any atom is 0.0120 e. The highest BCUT2D eigenvalue weighted by Gasteiger charge is 2.22. The van der Waals surface area contributed by atoms with E-state index in [1.807, 2.05) is 0 Å². The molecule has 1 aliphatic rings. The highest BCUT2D eigenvalue weighted by molar-refractivity contribution is 5.45. The summed E-state index contributed by atoms with van der Waals surface area (Å²) >= 11 is 0. The summed E-state index contributed by atoms with van der Waals surface area (Å²) in [6, 6.07) is 4.94. The molecule has 1 aromatic carbocycles. The van der Waals surface area contributed by atoms with Gasteiger partial charge in [-0.25, -0.2) is 0 Å². The first kappa shape index (κ1) is 9.72. The molecule has 1 nitrogen and oxygen atoms in total. The lowest BCUT2D eigenvalue weighted by Crippen LogP contribution is -2.19. The second-order valence-corrected chi connectivity index (χ2v) is 4.22. The fraction of sp³-hybridized carbons (Fsp3) is 0.538. The molecule has 76 valence electrons. The summed E-state index contributed by atoms with van der Waals surface area (Å²) in [5.74, 6) is 0. The summed E-state index contributed by atoms with van der Waals surface area (Å²) in [4.78, 5) is 0. The van der Waals surface area contributed by atoms with E-state index in [1.165, 1.54) is 11.1 Å². The molecule has 2 rings (SSSR count). The van der Waals surface area contributed by atoms with Gasteiger partial charge in [0.15, 0.2) is 0 Å². The van der Waals surface area contributed by atoms with E-state index in [0.29, 0.717) is 6.04 Å². The molecule has 0 fully saturated rings. The van der Waals surface area contributed by atoms with Crippen molar-refractivity contribution in [1.29, 1.82) is 0 Å². The third kappa shape index (κ3) is 1.46. The van der Waals surface area contributed by atoms with E-state index in [0.717, 1.165) is 25.7 Å². The van der Waals surface area contributed by atoms with Gasteiger partial charge >= 0.3 is 0 Å². The first-order chi connectivity index (χ1) is 6.76. The zero-order chi connectivity index (χ0) is 10.1. The number of hydrogen-bond acceptors (Lipinski definition) is 1. The van der Waals surface area contributed by atoms with Crippen molar-refractivity contribution in [1.82, 2.24) is 0 Å². The van der Waals surface area contributed by atoms with Gasteiger partial charge in [-0.15, -0.1) is 0 Å². The van der Waals surface area contributed by atoms with E-state index in [4.69, 9.17) is 5.73 Å². The second-order valence-electron chi connectivity index (χ2n) is 4.22. The van der Waals surface area contributed by atoms with Crippen molar-refractivity contribution >= 4 is 0 Å². The average Bonchev–Trinajstić information content (AvgIpc) is 2.57. The average molecular weight is 189 g/mol. The predicted molar refractivity (Wildman–Crippen MR) is 60.6 cm³/mol. The Hall–Kier alpha value is -0.820. The van der Waals surface area contributed by atoms with E-state index in [-0.39, 0.29) is 0 Å². The van der Waals surface area contributed by atoms with Gasteiger partial charge in [-0.2, -0.15) is 0 Å². The lowest BCUT2D eigenvalue weighted by Gasteiger charge is -2.10. The molecule has 0 saturated heterocycles. The highest BCUT2D eigenvalue weighted by Crippen LogP contribution is 2.28. The summed E-state index contributed by atoms with van der Waals surface area (Å²) in [5, 5.41) is 0. The van der Waals surface area contributed by atoms with E-state index in [2.05, 4.69) is 26.0 Å². The Morgan fingerprint density at radius 2 is 1.50 bits per heavy atom. The molecule has 14 heavy (non-hydrogen) atoms. The molecule has 0 saturated carbocycles. The van der Waals surface area contributed by atoms with Crippen LogP contribution in [0.15, 0.2) is 12.1 Å². The van der Waals surface area contributed by atoms with Gasteiger partial charge in [-0.05, 0) is 47.9 Å². The van der Waals surface area contributed by atoms with Crippen LogP contribution in [0.3, 0.4) is 0 Å². The molecule has 0 aliphatic heterocycles. The molecule has 0 atom stereocenters. The fourth-order valence-electron chi connectivity index (χ4n) is 2.56. The van der Waals surface area contributed by atoms with Crippen LogP contribution in [0.1, 0.15) is 36.1 Å². The summed E-state index contributed by atoms with van der Waals surface area (Å²) in [5.41, 5.74) is 12.2. The van der Waals surface area contributed by atoms with Crippen LogP contribution in [0.25, 0.3) is 0 Å². The fourth-order valence-corrected chi connectivity index (χ4v) is 2.56. The maximum absolute atomic E-state index is 6.03. The molecule has 0 bridgehead atoms. The molecule has 0 radical (unpaired) electrons. The lowest BCUT2D eigenvalue weighted by molar-refractivity contribution is 0.717. The van der Waals surface area contributed by atoms with Crippen LogP contribution in [0, 0.1) is 0 Å². The van der Waals surface area contributed by atoms with Gasteiger partial charge in [0.2, 0.25) is 0 Å². The van der Waals surface area contributed by atoms with Crippen LogP contribution >= 0.6 is 0 Å². The monoisotopic (exact) mass is 189 g/mol. The first-order valence-corrected chi connectivity index (χ1v) is 5.64. The van der Waals surface area contributed by atoms with Gasteiger partial charge in [-0.1, -0.05) is 26.0 Å². The van der Waals surface area contributed by atoms with Crippen LogP contribution < -0.4 is 5.73 Å². The number of nitrogens with two attached hydrogens (primary N) is 1. The number of fused-ring (bicyclic) bond motifs is 1. The molecular formula is C13H19N. The Morgan fingerprint density at radius 3 is 1.86 bits per heavy atom. The standard InChI is InChI=1S/C13H19N/c1-3-9-5-6-10(4-2)13-8-11(14)7-12(9)13/h5-6,11H,3-4,7-8,14H2,1-2H3. The van der Waals surface area contributed by atoms with Gasteiger partial charge in [0.1, 0.15) is 0 Å². The molecule has 0 unspecified atom stereocenters. The molecule has 1 heteroatoms. The minimum absolute atomic E-state index is 0.364. The zero-order valence-electron chi connectivity index (χ0n) is 9.14. The number of benzene rings is 1. The van der Waals surface area contributed by atoms with Crippen LogP contribution in [-0.4, -0.2) is 6.04 Å². The summed E-state index contributed by atoms with van der Waals surface area (Å²) in [7, 11) is 0. The Labute approximate surface area is 86.3 Å². The smallest absolute Gasteiger partial charge is 0.0120 e. The molecule has 0 spiro atoms. The van der Waals surface area contributed by atoms with E-state index >= 15 is 0 Å². The molecule has 0 amide bonds. The van der Waals surface area contributed by atoms with Gasteiger partial charge in [0, 0.05) is 6.04 Å². The third-order valence-electron chi connectivity index (χ3n) is 3.32. The second kappa shape index (κ2) is 3.74. The normalized spacial score (nSPS) is 15.9. The van der Waals surface area contributed by atoms with Crippen LogP contribution in [0.2, 0.25) is 0 Å². The molecule has 1 aromatic rings. The van der Waals surface area contributed by atoms with Crippen molar-refractivity contribution in [3.63, 3.8) is 0 Å². The van der Waals surface area contributed by atoms with Crippen molar-refractivity contribution < 1.29 is 0 Å². The van der Waals surface area contributed by atoms with Crippen LogP contribution in [0.5, 0.6) is 0 Å². The van der Waals surface area contributed by atoms with Gasteiger partial charge in [0.25, 0.3) is 0 Å². The van der Waals surface area contributed by atoms with E-state index < -0.39 is 0 Å². The van der Waals surface area contributed by atoms with Gasteiger partial charge in [0.05, 0.1) is 0 Å². The first-order valence-electron chi connectivity index (χ1n) is 5.64. The molecular weight excluding hydrogens is 170 g/mol. The Morgan fingerprint density at radius 1 is 1.07 bits per heavy atom. The molecule has 2 N–H and O–H groups in total. The minimum atomic E-state index is 0.364. The predicted octanol–water partition coefficient (Wildman–Crippen LogP) is 2.24. The summed E-state index contributed by atoms with van der Waals surface area (Å²) < 4.78 is 0. The summed E-state index contributed by atoms with van der Waals surface area (Å²) in [6.45, 7) is 4.45. The zero-order valence-corrected chi connectivity index (χ0v) is 9.14. The molecule has 1 aliphatic carbocycles. The van der Waals surface area contributed by atoms with E-state index in [9.17, 15) is 0 Å². The lowest BCUT2D eigenvalue weighted by atomic mass is 9.96. The van der Waals surface area contributed by atoms with Crippen LogP contribution in [-0.2, 0) is 25.7 Å². The van der Waals surface area contributed by atoms with Gasteiger partial charge in [-0.3, -0.25) is 0 Å². The number of rotatable bonds is 2. The third-order valence-corrected chi connectivity index (χ3v) is 3.32. The van der Waals surface area contributed by atoms with Crippen molar-refractivity contribution in [3.8, 4) is 0 Å². The van der Waals surface area contributed by atoms with Crippen molar-refractivity contribution in [2.75, 3.05) is 0 Å². The highest BCUT2D eigenvalue weighted by atomic mass is 14.6. The van der Waals surface area contributed by atoms with Crippen LogP contribution in [0.4, 0.5) is 0 Å². The Kier molecular flexibility index (Phi) is 2.60. The quantitative estimate of drug-likeness (QED) is 0.758. The molecule has 0 heterocycles. The Bertz CT molecular complexity index is 308. The number of hydrogen-bond donors (Lipinski definition) is 1. The summed E-state index contributed by atoms with van der Waals surface area (Å²) in [6.07, 6.45) is 4.46. The van der Waals surface area contributed by atoms with Gasteiger partial charge < -0.3 is 5.73 Å². The SMILES string of the molecule is CCc1ccc(CC)c2c1CC(N)C2. The number of aryl methyl sites for hydroxylation is 2. The topological polar surface area (TPSA) is 26.0 Å². The molecule has 0 aromatic heterocycles.